The molecular formula is C21H17N5O2S. The van der Waals surface area contributed by atoms with E-state index in [0.29, 0.717) is 16.3 Å². The van der Waals surface area contributed by atoms with Crippen LogP contribution >= 0.6 is 11.8 Å². The molecule has 0 radical (unpaired) electrons. The van der Waals surface area contributed by atoms with Crippen LogP contribution in [0.4, 0.5) is 11.5 Å². The highest BCUT2D eigenvalue weighted by Crippen LogP contribution is 2.46. The van der Waals surface area contributed by atoms with E-state index < -0.39 is 5.25 Å². The van der Waals surface area contributed by atoms with Crippen LogP contribution in [0.1, 0.15) is 47.4 Å². The maximum absolute atomic E-state index is 13.0. The van der Waals surface area contributed by atoms with Gasteiger partial charge < -0.3 is 5.73 Å². The zero-order valence-corrected chi connectivity index (χ0v) is 16.5. The van der Waals surface area contributed by atoms with E-state index in [1.165, 1.54) is 4.90 Å². The first-order valence-corrected chi connectivity index (χ1v) is 10.1. The summed E-state index contributed by atoms with van der Waals surface area (Å²) < 4.78 is 0. The van der Waals surface area contributed by atoms with Gasteiger partial charge in [0, 0.05) is 6.42 Å². The van der Waals surface area contributed by atoms with Crippen molar-refractivity contribution in [2.75, 3.05) is 10.6 Å². The van der Waals surface area contributed by atoms with Gasteiger partial charge in [-0.3, -0.25) is 9.59 Å². The van der Waals surface area contributed by atoms with Crippen molar-refractivity contribution in [1.82, 2.24) is 4.98 Å². The highest BCUT2D eigenvalue weighted by molar-refractivity contribution is 8.00. The van der Waals surface area contributed by atoms with E-state index in [4.69, 9.17) is 5.73 Å². The van der Waals surface area contributed by atoms with Gasteiger partial charge in [-0.1, -0.05) is 23.9 Å². The Kier molecular flexibility index (Phi) is 4.73. The largest absolute Gasteiger partial charge is 0.383 e. The summed E-state index contributed by atoms with van der Waals surface area (Å²) in [5, 5.41) is 18.8. The lowest BCUT2D eigenvalue weighted by atomic mass is 10.0. The van der Waals surface area contributed by atoms with Crippen LogP contribution in [-0.4, -0.2) is 22.0 Å². The van der Waals surface area contributed by atoms with Gasteiger partial charge in [0.1, 0.15) is 23.0 Å². The second-order valence-electron chi connectivity index (χ2n) is 7.18. The summed E-state index contributed by atoms with van der Waals surface area (Å²) in [5.74, 6) is -0.454. The van der Waals surface area contributed by atoms with Gasteiger partial charge in [0.15, 0.2) is 0 Å². The van der Waals surface area contributed by atoms with Crippen LogP contribution in [0, 0.1) is 29.6 Å². The van der Waals surface area contributed by atoms with Crippen LogP contribution in [0.25, 0.3) is 0 Å². The minimum absolute atomic E-state index is 0.0165. The number of pyridine rings is 1. The van der Waals surface area contributed by atoms with Crippen molar-refractivity contribution in [1.29, 1.82) is 10.5 Å². The third kappa shape index (κ3) is 3.32. The number of hydrogen-bond donors (Lipinski definition) is 1. The summed E-state index contributed by atoms with van der Waals surface area (Å²) in [6.07, 6.45) is 1.79. The number of nitrogen functional groups attached to an aromatic ring is 1. The molecule has 144 valence electrons. The van der Waals surface area contributed by atoms with Crippen LogP contribution in [0.2, 0.25) is 0 Å². The van der Waals surface area contributed by atoms with Crippen LogP contribution in [0.3, 0.4) is 0 Å². The number of aryl methyl sites for hydroxylation is 1. The lowest BCUT2D eigenvalue weighted by Crippen LogP contribution is -2.31. The molecule has 2 aromatic rings. The first-order chi connectivity index (χ1) is 13.9. The van der Waals surface area contributed by atoms with Crippen molar-refractivity contribution in [3.05, 3.63) is 46.5 Å². The highest BCUT2D eigenvalue weighted by Gasteiger charge is 2.41. The van der Waals surface area contributed by atoms with Crippen LogP contribution < -0.4 is 10.6 Å². The van der Waals surface area contributed by atoms with Gasteiger partial charge in [-0.2, -0.15) is 10.5 Å². The summed E-state index contributed by atoms with van der Waals surface area (Å²) in [6.45, 7) is 1.89. The highest BCUT2D eigenvalue weighted by atomic mass is 32.2. The molecule has 2 aliphatic rings. The van der Waals surface area contributed by atoms with Gasteiger partial charge in [0.2, 0.25) is 11.8 Å². The third-order valence-corrected chi connectivity index (χ3v) is 6.23. The number of anilines is 2. The number of nitrogens with two attached hydrogens (primary N) is 1. The Morgan fingerprint density at radius 1 is 1.21 bits per heavy atom. The van der Waals surface area contributed by atoms with Crippen molar-refractivity contribution in [3.8, 4) is 12.1 Å². The maximum atomic E-state index is 13.0. The number of rotatable bonds is 4. The van der Waals surface area contributed by atoms with E-state index in [9.17, 15) is 20.1 Å². The van der Waals surface area contributed by atoms with E-state index in [1.54, 1.807) is 18.2 Å². The standard InChI is InChI=1S/C21H17N5O2S/c1-11-3-2-4-13(7-11)26-17(27)8-16(21(26)28)29-20-15(10-23)18(12-5-6-12)14(9-22)19(24)25-20/h2-4,7,12,16H,5-6,8H2,1H3,(H2,24,25)/t16-/m0/s1. The van der Waals surface area contributed by atoms with Crippen molar-refractivity contribution in [2.45, 2.75) is 42.4 Å². The first kappa shape index (κ1) is 19.0. The van der Waals surface area contributed by atoms with Gasteiger partial charge in [0.05, 0.1) is 22.1 Å². The van der Waals surface area contributed by atoms with Crippen molar-refractivity contribution in [2.24, 2.45) is 0 Å². The lowest BCUT2D eigenvalue weighted by Gasteiger charge is -2.16. The van der Waals surface area contributed by atoms with Gasteiger partial charge >= 0.3 is 0 Å². The molecule has 1 atom stereocenters. The van der Waals surface area contributed by atoms with E-state index in [0.717, 1.165) is 30.2 Å². The Hall–Kier alpha value is -3.36. The summed E-state index contributed by atoms with van der Waals surface area (Å²) in [5.41, 5.74) is 8.61. The van der Waals surface area contributed by atoms with E-state index in [1.807, 2.05) is 13.0 Å². The molecule has 0 spiro atoms. The number of imide groups is 1. The number of benzene rings is 1. The van der Waals surface area contributed by atoms with E-state index in [2.05, 4.69) is 17.1 Å². The maximum Gasteiger partial charge on any atom is 0.247 e. The Bertz CT molecular complexity index is 1130. The third-order valence-electron chi connectivity index (χ3n) is 5.06. The normalized spacial score (nSPS) is 18.6. The smallest absolute Gasteiger partial charge is 0.247 e. The second kappa shape index (κ2) is 7.23. The summed E-state index contributed by atoms with van der Waals surface area (Å²) >= 11 is 1.07. The second-order valence-corrected chi connectivity index (χ2v) is 8.37. The lowest BCUT2D eigenvalue weighted by molar-refractivity contribution is -0.121. The summed E-state index contributed by atoms with van der Waals surface area (Å²) in [4.78, 5) is 30.9. The fourth-order valence-electron chi connectivity index (χ4n) is 3.56. The predicted octanol–water partition coefficient (Wildman–Crippen LogP) is 3.02. The fourth-order valence-corrected chi connectivity index (χ4v) is 4.69. The van der Waals surface area contributed by atoms with Crippen molar-refractivity contribution < 1.29 is 9.59 Å². The molecule has 1 aromatic carbocycles. The molecule has 29 heavy (non-hydrogen) atoms. The molecule has 1 aliphatic heterocycles. The quantitative estimate of drug-likeness (QED) is 0.778. The SMILES string of the molecule is Cc1cccc(N2C(=O)C[C@H](Sc3nc(N)c(C#N)c(C4CC4)c3C#N)C2=O)c1. The average Bonchev–Trinajstić information content (AvgIpc) is 3.48. The molecule has 1 aromatic heterocycles. The molecule has 1 aliphatic carbocycles. The number of amides is 2. The zero-order chi connectivity index (χ0) is 20.7. The first-order valence-electron chi connectivity index (χ1n) is 9.18. The number of aromatic nitrogens is 1. The molecule has 1 saturated carbocycles. The average molecular weight is 403 g/mol. The number of nitrogens with zero attached hydrogens (tertiary/aromatic N) is 4. The molecule has 2 amide bonds. The Labute approximate surface area is 172 Å². The number of carbonyl (C=O) groups is 2. The number of thioether (sulfide) groups is 1. The summed E-state index contributed by atoms with van der Waals surface area (Å²) in [6, 6.07) is 11.4. The predicted molar refractivity (Wildman–Crippen MR) is 108 cm³/mol. The molecule has 8 heteroatoms. The number of carbonyl (C=O) groups excluding carboxylic acids is 2. The monoisotopic (exact) mass is 403 g/mol. The van der Waals surface area contributed by atoms with Gasteiger partial charge in [-0.15, -0.1) is 0 Å². The van der Waals surface area contributed by atoms with E-state index >= 15 is 0 Å². The molecule has 4 rings (SSSR count). The zero-order valence-electron chi connectivity index (χ0n) is 15.7. The molecule has 0 bridgehead atoms. The van der Waals surface area contributed by atoms with Crippen LogP contribution in [-0.2, 0) is 9.59 Å². The Morgan fingerprint density at radius 3 is 2.55 bits per heavy atom. The summed E-state index contributed by atoms with van der Waals surface area (Å²) in [7, 11) is 0. The van der Waals surface area contributed by atoms with Crippen LogP contribution in [0.15, 0.2) is 29.3 Å². The van der Waals surface area contributed by atoms with Gasteiger partial charge in [0.25, 0.3) is 0 Å². The number of hydrogen-bond acceptors (Lipinski definition) is 7. The molecule has 7 nitrogen and oxygen atoms in total. The van der Waals surface area contributed by atoms with Crippen molar-refractivity contribution >= 4 is 35.1 Å². The Balaban J connectivity index is 1.69. The van der Waals surface area contributed by atoms with Crippen molar-refractivity contribution in [3.63, 3.8) is 0 Å². The molecule has 2 heterocycles. The Morgan fingerprint density at radius 2 is 1.93 bits per heavy atom. The van der Waals surface area contributed by atoms with Crippen LogP contribution in [0.5, 0.6) is 0 Å². The minimum Gasteiger partial charge on any atom is -0.383 e. The van der Waals surface area contributed by atoms with E-state index in [-0.39, 0.29) is 41.1 Å². The fraction of sp³-hybridized carbons (Fsp3) is 0.286. The minimum atomic E-state index is -0.693. The molecule has 2 fully saturated rings. The molecule has 0 unspecified atom stereocenters. The van der Waals surface area contributed by atoms with Gasteiger partial charge in [-0.25, -0.2) is 9.88 Å². The topological polar surface area (TPSA) is 124 Å². The molecular weight excluding hydrogens is 386 g/mol. The number of nitriles is 2. The molecule has 1 saturated heterocycles. The molecule has 2 N–H and O–H groups in total. The van der Waals surface area contributed by atoms with Gasteiger partial charge in [-0.05, 0) is 48.9 Å².